The van der Waals surface area contributed by atoms with Crippen molar-refractivity contribution >= 4 is 5.69 Å². The molecule has 1 aromatic rings. The second-order valence-electron chi connectivity index (χ2n) is 4.62. The Balaban J connectivity index is 1.75. The maximum Gasteiger partial charge on any atom is 0.0992 e. The first-order chi connectivity index (χ1) is 7.81. The van der Waals surface area contributed by atoms with E-state index in [-0.39, 0.29) is 5.60 Å². The molecule has 0 N–H and O–H groups in total. The Morgan fingerprint density at radius 1 is 1.31 bits per heavy atom. The molecule has 16 heavy (non-hydrogen) atoms. The summed E-state index contributed by atoms with van der Waals surface area (Å²) >= 11 is 0. The summed E-state index contributed by atoms with van der Waals surface area (Å²) in [6.45, 7) is 3.02. The third-order valence-electron chi connectivity index (χ3n) is 3.57. The number of epoxide rings is 1. The van der Waals surface area contributed by atoms with Gasteiger partial charge in [0.05, 0.1) is 23.8 Å². The van der Waals surface area contributed by atoms with Crippen LogP contribution in [0.2, 0.25) is 0 Å². The standard InChI is InChI=1S/C13H14N2O/c14-9-11-2-1-3-12(8-11)15-6-4-13(5-7-15)10-16-13/h1-3,8H,4-7,10H2. The maximum atomic E-state index is 8.86. The Morgan fingerprint density at radius 3 is 2.69 bits per heavy atom. The average Bonchev–Trinajstić information content (AvgIpc) is 3.10. The molecule has 2 aliphatic heterocycles. The molecular weight excluding hydrogens is 200 g/mol. The predicted molar refractivity (Wildman–Crippen MR) is 61.3 cm³/mol. The van der Waals surface area contributed by atoms with Crippen LogP contribution in [0, 0.1) is 11.3 Å². The van der Waals surface area contributed by atoms with Gasteiger partial charge in [-0.25, -0.2) is 0 Å². The quantitative estimate of drug-likeness (QED) is 0.670. The maximum absolute atomic E-state index is 8.86. The highest BCUT2D eigenvalue weighted by Crippen LogP contribution is 2.38. The summed E-state index contributed by atoms with van der Waals surface area (Å²) in [5.41, 5.74) is 2.12. The van der Waals surface area contributed by atoms with Gasteiger partial charge in [-0.05, 0) is 31.0 Å². The van der Waals surface area contributed by atoms with E-state index in [1.807, 2.05) is 18.2 Å². The van der Waals surface area contributed by atoms with Crippen molar-refractivity contribution in [3.8, 4) is 6.07 Å². The van der Waals surface area contributed by atoms with E-state index < -0.39 is 0 Å². The number of benzene rings is 1. The lowest BCUT2D eigenvalue weighted by molar-refractivity contribution is 0.259. The van der Waals surface area contributed by atoms with E-state index in [1.165, 1.54) is 0 Å². The molecule has 0 aliphatic carbocycles. The third-order valence-corrected chi connectivity index (χ3v) is 3.57. The van der Waals surface area contributed by atoms with Crippen LogP contribution >= 0.6 is 0 Å². The van der Waals surface area contributed by atoms with Gasteiger partial charge in [-0.1, -0.05) is 6.07 Å². The summed E-state index contributed by atoms with van der Waals surface area (Å²) in [6, 6.07) is 10.0. The molecule has 3 nitrogen and oxygen atoms in total. The van der Waals surface area contributed by atoms with Crippen LogP contribution < -0.4 is 4.90 Å². The number of nitriles is 1. The summed E-state index contributed by atoms with van der Waals surface area (Å²) in [5, 5.41) is 8.86. The van der Waals surface area contributed by atoms with Crippen molar-refractivity contribution in [2.45, 2.75) is 18.4 Å². The van der Waals surface area contributed by atoms with Gasteiger partial charge in [-0.15, -0.1) is 0 Å². The van der Waals surface area contributed by atoms with Gasteiger partial charge in [-0.2, -0.15) is 5.26 Å². The molecule has 0 amide bonds. The van der Waals surface area contributed by atoms with Crippen LogP contribution in [0.4, 0.5) is 5.69 Å². The number of nitrogens with zero attached hydrogens (tertiary/aromatic N) is 2. The lowest BCUT2D eigenvalue weighted by Crippen LogP contribution is -2.37. The Morgan fingerprint density at radius 2 is 2.06 bits per heavy atom. The average molecular weight is 214 g/mol. The van der Waals surface area contributed by atoms with Gasteiger partial charge in [0.1, 0.15) is 0 Å². The second-order valence-corrected chi connectivity index (χ2v) is 4.62. The topological polar surface area (TPSA) is 39.6 Å². The number of anilines is 1. The lowest BCUT2D eigenvalue weighted by Gasteiger charge is -2.32. The minimum Gasteiger partial charge on any atom is -0.371 e. The van der Waals surface area contributed by atoms with E-state index in [9.17, 15) is 0 Å². The predicted octanol–water partition coefficient (Wildman–Crippen LogP) is 1.93. The zero-order valence-electron chi connectivity index (χ0n) is 9.15. The first-order valence-electron chi connectivity index (χ1n) is 5.70. The van der Waals surface area contributed by atoms with Crippen LogP contribution in [0.25, 0.3) is 0 Å². The van der Waals surface area contributed by atoms with E-state index in [0.29, 0.717) is 0 Å². The number of hydrogen-bond acceptors (Lipinski definition) is 3. The number of piperidine rings is 1. The first kappa shape index (κ1) is 9.68. The Hall–Kier alpha value is -1.53. The molecule has 2 saturated heterocycles. The van der Waals surface area contributed by atoms with E-state index in [4.69, 9.17) is 10.00 Å². The largest absolute Gasteiger partial charge is 0.371 e. The smallest absolute Gasteiger partial charge is 0.0992 e. The van der Waals surface area contributed by atoms with E-state index in [1.54, 1.807) is 0 Å². The van der Waals surface area contributed by atoms with Gasteiger partial charge in [0.25, 0.3) is 0 Å². The molecule has 82 valence electrons. The molecule has 3 rings (SSSR count). The van der Waals surface area contributed by atoms with Gasteiger partial charge < -0.3 is 9.64 Å². The third kappa shape index (κ3) is 1.66. The van der Waals surface area contributed by atoms with Crippen LogP contribution in [-0.2, 0) is 4.74 Å². The van der Waals surface area contributed by atoms with Crippen LogP contribution in [0.15, 0.2) is 24.3 Å². The summed E-state index contributed by atoms with van der Waals surface area (Å²) in [4.78, 5) is 2.34. The van der Waals surface area contributed by atoms with Crippen molar-refractivity contribution in [3.05, 3.63) is 29.8 Å². The van der Waals surface area contributed by atoms with Crippen molar-refractivity contribution in [2.24, 2.45) is 0 Å². The highest BCUT2D eigenvalue weighted by molar-refractivity contribution is 5.52. The van der Waals surface area contributed by atoms with Crippen LogP contribution in [0.5, 0.6) is 0 Å². The summed E-state index contributed by atoms with van der Waals surface area (Å²) < 4.78 is 5.49. The molecule has 1 aromatic carbocycles. The molecule has 0 saturated carbocycles. The van der Waals surface area contributed by atoms with E-state index >= 15 is 0 Å². The molecule has 0 aromatic heterocycles. The minimum atomic E-state index is 0.226. The Labute approximate surface area is 95.2 Å². The molecule has 0 atom stereocenters. The monoisotopic (exact) mass is 214 g/mol. The van der Waals surface area contributed by atoms with Crippen molar-refractivity contribution in [2.75, 3.05) is 24.6 Å². The second kappa shape index (κ2) is 3.50. The normalized spacial score (nSPS) is 21.8. The van der Waals surface area contributed by atoms with E-state index in [0.717, 1.165) is 43.8 Å². The van der Waals surface area contributed by atoms with Crippen molar-refractivity contribution < 1.29 is 4.74 Å². The highest BCUT2D eigenvalue weighted by atomic mass is 16.6. The molecule has 2 fully saturated rings. The number of hydrogen-bond donors (Lipinski definition) is 0. The lowest BCUT2D eigenvalue weighted by atomic mass is 9.97. The molecule has 2 aliphatic rings. The number of ether oxygens (including phenoxy) is 1. The molecule has 0 unspecified atom stereocenters. The molecule has 0 bridgehead atoms. The summed E-state index contributed by atoms with van der Waals surface area (Å²) in [7, 11) is 0. The molecule has 1 spiro atoms. The zero-order chi connectivity index (χ0) is 11.0. The summed E-state index contributed by atoms with van der Waals surface area (Å²) in [6.07, 6.45) is 2.23. The zero-order valence-corrected chi connectivity index (χ0v) is 9.15. The van der Waals surface area contributed by atoms with Gasteiger partial charge in [0.2, 0.25) is 0 Å². The fourth-order valence-corrected chi connectivity index (χ4v) is 2.34. The molecule has 3 heteroatoms. The van der Waals surface area contributed by atoms with Crippen LogP contribution in [0.1, 0.15) is 18.4 Å². The van der Waals surface area contributed by atoms with Gasteiger partial charge in [0.15, 0.2) is 0 Å². The SMILES string of the molecule is N#Cc1cccc(N2CCC3(CC2)CO3)c1. The van der Waals surface area contributed by atoms with Crippen molar-refractivity contribution in [1.82, 2.24) is 0 Å². The Bertz CT molecular complexity index is 435. The summed E-state index contributed by atoms with van der Waals surface area (Å²) in [5.74, 6) is 0. The molecule has 0 radical (unpaired) electrons. The van der Waals surface area contributed by atoms with E-state index in [2.05, 4.69) is 17.0 Å². The highest BCUT2D eigenvalue weighted by Gasteiger charge is 2.46. The first-order valence-corrected chi connectivity index (χ1v) is 5.70. The molecular formula is C13H14N2O. The number of rotatable bonds is 1. The fourth-order valence-electron chi connectivity index (χ4n) is 2.34. The van der Waals surface area contributed by atoms with Gasteiger partial charge >= 0.3 is 0 Å². The minimum absolute atomic E-state index is 0.226. The molecule has 2 heterocycles. The Kier molecular flexibility index (Phi) is 2.12. The van der Waals surface area contributed by atoms with Crippen molar-refractivity contribution in [3.63, 3.8) is 0 Å². The van der Waals surface area contributed by atoms with Crippen LogP contribution in [-0.4, -0.2) is 25.3 Å². The van der Waals surface area contributed by atoms with Gasteiger partial charge in [0, 0.05) is 18.8 Å². The van der Waals surface area contributed by atoms with Gasteiger partial charge in [-0.3, -0.25) is 0 Å². The van der Waals surface area contributed by atoms with Crippen molar-refractivity contribution in [1.29, 1.82) is 5.26 Å². The van der Waals surface area contributed by atoms with Crippen LogP contribution in [0.3, 0.4) is 0 Å². The fraction of sp³-hybridized carbons (Fsp3) is 0.462.